The van der Waals surface area contributed by atoms with Gasteiger partial charge in [0.1, 0.15) is 5.82 Å². The van der Waals surface area contributed by atoms with Crippen LogP contribution in [0.4, 0.5) is 0 Å². The van der Waals surface area contributed by atoms with Crippen LogP contribution in [0.15, 0.2) is 0 Å². The first kappa shape index (κ1) is 14.6. The van der Waals surface area contributed by atoms with Gasteiger partial charge in [-0.1, -0.05) is 0 Å². The summed E-state index contributed by atoms with van der Waals surface area (Å²) in [5.41, 5.74) is 0. The van der Waals surface area contributed by atoms with E-state index in [-0.39, 0.29) is 0 Å². The molecule has 1 aromatic rings. The lowest BCUT2D eigenvalue weighted by Gasteiger charge is -2.38. The minimum Gasteiger partial charge on any atom is -0.381 e. The highest BCUT2D eigenvalue weighted by Gasteiger charge is 2.29. The number of rotatable bonds is 3. The number of hydrogen-bond acceptors (Lipinski definition) is 5. The summed E-state index contributed by atoms with van der Waals surface area (Å²) in [4.78, 5) is 7.42. The highest BCUT2D eigenvalue weighted by Crippen LogP contribution is 2.30. The van der Waals surface area contributed by atoms with E-state index in [1.807, 2.05) is 0 Å². The van der Waals surface area contributed by atoms with Crippen LogP contribution in [0.2, 0.25) is 0 Å². The molecule has 3 aliphatic rings. The van der Waals surface area contributed by atoms with Crippen LogP contribution in [0.5, 0.6) is 0 Å². The van der Waals surface area contributed by atoms with Gasteiger partial charge in [-0.3, -0.25) is 5.10 Å². The summed E-state index contributed by atoms with van der Waals surface area (Å²) in [6.45, 7) is 5.84. The van der Waals surface area contributed by atoms with Crippen molar-refractivity contribution >= 4 is 0 Å². The predicted octanol–water partition coefficient (Wildman–Crippen LogP) is 1.67. The molecule has 122 valence electrons. The molecule has 0 amide bonds. The maximum absolute atomic E-state index is 5.47. The van der Waals surface area contributed by atoms with Crippen molar-refractivity contribution < 1.29 is 9.47 Å². The number of H-pyrrole nitrogens is 1. The van der Waals surface area contributed by atoms with Gasteiger partial charge in [0, 0.05) is 37.7 Å². The zero-order valence-corrected chi connectivity index (χ0v) is 13.2. The van der Waals surface area contributed by atoms with Gasteiger partial charge in [0.15, 0.2) is 5.82 Å². The summed E-state index contributed by atoms with van der Waals surface area (Å²) in [6, 6.07) is 0.732. The maximum Gasteiger partial charge on any atom is 0.156 e. The third-order valence-electron chi connectivity index (χ3n) is 5.44. The average Bonchev–Trinajstić information content (AvgIpc) is 3.27. The van der Waals surface area contributed by atoms with Gasteiger partial charge in [0.2, 0.25) is 0 Å². The Hall–Kier alpha value is -0.980. The predicted molar refractivity (Wildman–Crippen MR) is 81.9 cm³/mol. The van der Waals surface area contributed by atoms with Gasteiger partial charge >= 0.3 is 0 Å². The molecule has 3 fully saturated rings. The molecule has 0 saturated carbocycles. The van der Waals surface area contributed by atoms with Gasteiger partial charge in [-0.25, -0.2) is 4.98 Å². The lowest BCUT2D eigenvalue weighted by Crippen LogP contribution is -2.43. The molecule has 0 spiro atoms. The van der Waals surface area contributed by atoms with Crippen LogP contribution in [0.3, 0.4) is 0 Å². The summed E-state index contributed by atoms with van der Waals surface area (Å²) in [6.07, 6.45) is 5.82. The summed E-state index contributed by atoms with van der Waals surface area (Å²) >= 11 is 0. The highest BCUT2D eigenvalue weighted by molar-refractivity contribution is 5.05. The van der Waals surface area contributed by atoms with E-state index in [0.717, 1.165) is 50.5 Å². The minimum absolute atomic E-state index is 0.396. The topological polar surface area (TPSA) is 63.3 Å². The lowest BCUT2D eigenvalue weighted by molar-refractivity contribution is 0.0248. The van der Waals surface area contributed by atoms with Crippen LogP contribution < -0.4 is 0 Å². The first-order valence-electron chi connectivity index (χ1n) is 8.72. The molecular formula is C16H26N4O2. The highest BCUT2D eigenvalue weighted by atomic mass is 16.5. The molecule has 1 aromatic heterocycles. The number of likely N-dealkylation sites (tertiary alicyclic amines) is 1. The summed E-state index contributed by atoms with van der Waals surface area (Å²) < 4.78 is 10.9. The second kappa shape index (κ2) is 6.64. The molecule has 6 heteroatoms. The van der Waals surface area contributed by atoms with Gasteiger partial charge < -0.3 is 14.4 Å². The number of nitrogens with zero attached hydrogens (tertiary/aromatic N) is 3. The smallest absolute Gasteiger partial charge is 0.156 e. The molecule has 4 rings (SSSR count). The van der Waals surface area contributed by atoms with Crippen LogP contribution in [-0.4, -0.2) is 65.6 Å². The molecule has 1 atom stereocenters. The van der Waals surface area contributed by atoms with Gasteiger partial charge in [-0.15, -0.1) is 0 Å². The fourth-order valence-electron chi connectivity index (χ4n) is 3.98. The van der Waals surface area contributed by atoms with E-state index in [0.29, 0.717) is 11.8 Å². The van der Waals surface area contributed by atoms with Crippen LogP contribution in [-0.2, 0) is 9.47 Å². The van der Waals surface area contributed by atoms with E-state index in [9.17, 15) is 0 Å². The Kier molecular flexibility index (Phi) is 4.41. The van der Waals surface area contributed by atoms with Crippen molar-refractivity contribution in [1.82, 2.24) is 20.1 Å². The number of nitrogens with one attached hydrogen (secondary N) is 1. The minimum atomic E-state index is 0.396. The average molecular weight is 306 g/mol. The first-order chi connectivity index (χ1) is 10.9. The van der Waals surface area contributed by atoms with E-state index < -0.39 is 0 Å². The molecule has 22 heavy (non-hydrogen) atoms. The zero-order valence-electron chi connectivity index (χ0n) is 13.2. The fourth-order valence-corrected chi connectivity index (χ4v) is 3.98. The van der Waals surface area contributed by atoms with E-state index in [2.05, 4.69) is 15.1 Å². The quantitative estimate of drug-likeness (QED) is 0.920. The van der Waals surface area contributed by atoms with Crippen molar-refractivity contribution in [2.75, 3.05) is 39.5 Å². The molecule has 6 nitrogen and oxygen atoms in total. The number of ether oxygens (including phenoxy) is 2. The van der Waals surface area contributed by atoms with Gasteiger partial charge in [0.05, 0.1) is 6.61 Å². The Morgan fingerprint density at radius 1 is 0.909 bits per heavy atom. The monoisotopic (exact) mass is 306 g/mol. The second-order valence-electron chi connectivity index (χ2n) is 6.79. The maximum atomic E-state index is 5.47. The van der Waals surface area contributed by atoms with Crippen molar-refractivity contribution in [3.63, 3.8) is 0 Å². The Labute approximate surface area is 131 Å². The molecule has 4 heterocycles. The molecule has 1 N–H and O–H groups in total. The molecule has 0 radical (unpaired) electrons. The number of aromatic nitrogens is 3. The number of piperidine rings is 1. The van der Waals surface area contributed by atoms with Crippen molar-refractivity contribution in [1.29, 1.82) is 0 Å². The van der Waals surface area contributed by atoms with E-state index in [4.69, 9.17) is 14.5 Å². The summed E-state index contributed by atoms with van der Waals surface area (Å²) in [7, 11) is 0. The molecule has 3 aliphatic heterocycles. The summed E-state index contributed by atoms with van der Waals surface area (Å²) in [5, 5.41) is 7.63. The van der Waals surface area contributed by atoms with Crippen LogP contribution in [0.1, 0.15) is 55.6 Å². The van der Waals surface area contributed by atoms with E-state index in [1.165, 1.54) is 38.8 Å². The van der Waals surface area contributed by atoms with Gasteiger partial charge in [0.25, 0.3) is 0 Å². The van der Waals surface area contributed by atoms with Crippen molar-refractivity contribution in [3.8, 4) is 0 Å². The van der Waals surface area contributed by atoms with Crippen molar-refractivity contribution in [2.24, 2.45) is 0 Å². The normalized spacial score (nSPS) is 29.2. The Bertz CT molecular complexity index is 472. The Morgan fingerprint density at radius 2 is 1.68 bits per heavy atom. The van der Waals surface area contributed by atoms with Crippen molar-refractivity contribution in [2.45, 2.75) is 50.0 Å². The van der Waals surface area contributed by atoms with Crippen molar-refractivity contribution in [3.05, 3.63) is 11.6 Å². The molecule has 3 saturated heterocycles. The molecule has 0 aromatic carbocycles. The Morgan fingerprint density at radius 3 is 2.41 bits per heavy atom. The van der Waals surface area contributed by atoms with Crippen LogP contribution in [0.25, 0.3) is 0 Å². The lowest BCUT2D eigenvalue weighted by atomic mass is 9.93. The summed E-state index contributed by atoms with van der Waals surface area (Å²) in [5.74, 6) is 2.99. The zero-order chi connectivity index (χ0) is 14.8. The molecular weight excluding hydrogens is 280 g/mol. The van der Waals surface area contributed by atoms with E-state index in [1.54, 1.807) is 0 Å². The van der Waals surface area contributed by atoms with Gasteiger partial charge in [-0.05, 0) is 45.2 Å². The Balaban J connectivity index is 1.33. The van der Waals surface area contributed by atoms with E-state index >= 15 is 0 Å². The largest absolute Gasteiger partial charge is 0.381 e. The molecule has 0 bridgehead atoms. The van der Waals surface area contributed by atoms with Gasteiger partial charge in [-0.2, -0.15) is 5.10 Å². The van der Waals surface area contributed by atoms with Crippen LogP contribution in [0, 0.1) is 0 Å². The molecule has 1 unspecified atom stereocenters. The molecule has 0 aliphatic carbocycles. The number of aromatic amines is 1. The first-order valence-corrected chi connectivity index (χ1v) is 8.72. The third kappa shape index (κ3) is 3.05. The fraction of sp³-hybridized carbons (Fsp3) is 0.875. The third-order valence-corrected chi connectivity index (χ3v) is 5.44. The van der Waals surface area contributed by atoms with Crippen LogP contribution >= 0.6 is 0 Å². The SMILES string of the molecule is C1CC(N2CCC(c3nc(C4CCOC4)n[nH]3)CC2)CCO1. The number of hydrogen-bond donors (Lipinski definition) is 1. The standard InChI is InChI=1S/C16H26N4O2/c1-6-20(14-4-9-21-10-5-14)7-2-12(1)15-17-16(19-18-15)13-3-8-22-11-13/h12-14H,1-11H2,(H,17,18,19). The second-order valence-corrected chi connectivity index (χ2v) is 6.79.